The first-order valence-electron chi connectivity index (χ1n) is 29.6. The average Bonchev–Trinajstić information content (AvgIpc) is 3.39. The van der Waals surface area contributed by atoms with Crippen molar-refractivity contribution in [2.45, 2.75) is 276 Å². The lowest BCUT2D eigenvalue weighted by atomic mass is 9.98. The number of ether oxygens (including phenoxy) is 5. The maximum atomic E-state index is 13.1. The van der Waals surface area contributed by atoms with E-state index in [-0.39, 0.29) is 25.9 Å². The van der Waals surface area contributed by atoms with Gasteiger partial charge in [0, 0.05) is 12.8 Å². The summed E-state index contributed by atoms with van der Waals surface area (Å²) in [6, 6.07) is 0. The molecule has 12 nitrogen and oxygen atoms in total. The van der Waals surface area contributed by atoms with Gasteiger partial charge in [0.2, 0.25) is 0 Å². The number of unbranched alkanes of at least 4 members (excludes halogenated alkanes) is 22. The Morgan fingerprint density at radius 1 is 0.467 bits per heavy atom. The molecule has 6 atom stereocenters. The molecule has 1 fully saturated rings. The lowest BCUT2D eigenvalue weighted by molar-refractivity contribution is -0.301. The van der Waals surface area contributed by atoms with Crippen molar-refractivity contribution >= 4 is 23.9 Å². The zero-order valence-corrected chi connectivity index (χ0v) is 47.0. The van der Waals surface area contributed by atoms with Gasteiger partial charge in [-0.25, -0.2) is 4.79 Å². The van der Waals surface area contributed by atoms with Gasteiger partial charge in [0.05, 0.1) is 13.0 Å². The van der Waals surface area contributed by atoms with Crippen LogP contribution in [0, 0.1) is 0 Å². The molecule has 0 bridgehead atoms. The molecular formula is C63H104O12. The van der Waals surface area contributed by atoms with E-state index in [1.54, 1.807) is 12.2 Å². The minimum atomic E-state index is -1.94. The molecule has 0 aromatic heterocycles. The maximum absolute atomic E-state index is 13.1. The summed E-state index contributed by atoms with van der Waals surface area (Å²) in [4.78, 5) is 51.0. The van der Waals surface area contributed by atoms with Gasteiger partial charge in [-0.05, 0) is 89.9 Å². The summed E-state index contributed by atoms with van der Waals surface area (Å²) >= 11 is 0. The fraction of sp³-hybridized carbons (Fsp3) is 0.714. The van der Waals surface area contributed by atoms with Gasteiger partial charge in [0.25, 0.3) is 0 Å². The minimum Gasteiger partial charge on any atom is -0.479 e. The third-order valence-electron chi connectivity index (χ3n) is 13.0. The number of aliphatic hydroxyl groups excluding tert-OH is 2. The quantitative estimate of drug-likeness (QED) is 0.0228. The van der Waals surface area contributed by atoms with Crippen LogP contribution in [0.2, 0.25) is 0 Å². The van der Waals surface area contributed by atoms with Crippen LogP contribution in [0.25, 0.3) is 0 Å². The van der Waals surface area contributed by atoms with Crippen molar-refractivity contribution in [1.82, 2.24) is 0 Å². The number of carbonyl (C=O) groups is 4. The van der Waals surface area contributed by atoms with Crippen LogP contribution in [-0.2, 0) is 42.9 Å². The largest absolute Gasteiger partial charge is 0.479 e. The lowest BCUT2D eigenvalue weighted by Crippen LogP contribution is -2.61. The van der Waals surface area contributed by atoms with E-state index >= 15 is 0 Å². The standard InChI is InChI=1S/C63H104O12/c1-4-7-10-13-16-19-22-24-26-27-28-29-31-32-35-37-40-43-46-49-55(64)71-52-54(73-56(65)50-47-44-41-38-34-21-18-15-12-9-6-3)53-72-63-61(59(68)58(67)60(75-63)62(69)70)74-57(66)51-48-45-42-39-36-33-30-25-23-20-17-14-11-8-5-2/h8,11,15,17-18,20,24-26,30,36,39,45,48,54,58-61,63,67-68H,4-7,9-10,12-14,16,19,21-23,27-29,31-35,37-38,40-44,46-47,49-53H2,1-3H3,(H,69,70)/b11-8-,18-15-,20-17-,26-24-,30-25-,39-36-,48-45-. The minimum absolute atomic E-state index is 0.139. The van der Waals surface area contributed by atoms with Gasteiger partial charge in [-0.3, -0.25) is 14.4 Å². The van der Waals surface area contributed by atoms with Crippen molar-refractivity contribution in [2.75, 3.05) is 13.2 Å². The number of carboxylic acids is 1. The molecule has 0 aliphatic carbocycles. The van der Waals surface area contributed by atoms with E-state index in [2.05, 4.69) is 81.5 Å². The molecule has 12 heteroatoms. The number of esters is 3. The summed E-state index contributed by atoms with van der Waals surface area (Å²) in [7, 11) is 0. The van der Waals surface area contributed by atoms with E-state index in [0.29, 0.717) is 19.3 Å². The van der Waals surface area contributed by atoms with E-state index in [0.717, 1.165) is 83.5 Å². The van der Waals surface area contributed by atoms with Gasteiger partial charge in [-0.1, -0.05) is 215 Å². The second-order valence-electron chi connectivity index (χ2n) is 19.9. The van der Waals surface area contributed by atoms with E-state index in [1.807, 2.05) is 12.2 Å². The Balaban J connectivity index is 2.70. The highest BCUT2D eigenvalue weighted by Crippen LogP contribution is 2.26. The van der Waals surface area contributed by atoms with Crippen LogP contribution in [-0.4, -0.2) is 89.2 Å². The number of carboxylic acid groups (broad SMARTS) is 1. The number of allylic oxidation sites excluding steroid dienone is 13. The van der Waals surface area contributed by atoms with Gasteiger partial charge >= 0.3 is 23.9 Å². The zero-order valence-electron chi connectivity index (χ0n) is 47.0. The Morgan fingerprint density at radius 2 is 0.893 bits per heavy atom. The molecule has 428 valence electrons. The number of hydrogen-bond donors (Lipinski definition) is 3. The van der Waals surface area contributed by atoms with Gasteiger partial charge in [0.15, 0.2) is 24.6 Å². The van der Waals surface area contributed by atoms with Crippen molar-refractivity contribution in [2.24, 2.45) is 0 Å². The molecule has 0 aromatic rings. The number of hydrogen-bond acceptors (Lipinski definition) is 11. The van der Waals surface area contributed by atoms with Crippen molar-refractivity contribution in [3.8, 4) is 0 Å². The second kappa shape index (κ2) is 50.7. The highest BCUT2D eigenvalue weighted by atomic mass is 16.7. The second-order valence-corrected chi connectivity index (χ2v) is 19.9. The normalized spacial score (nSPS) is 18.8. The Hall–Kier alpha value is -4.10. The Labute approximate surface area is 454 Å². The average molecular weight is 1050 g/mol. The molecule has 3 N–H and O–H groups in total. The molecule has 1 aliphatic heterocycles. The predicted molar refractivity (Wildman–Crippen MR) is 303 cm³/mol. The Kier molecular flexibility index (Phi) is 46.6. The van der Waals surface area contributed by atoms with E-state index in [1.165, 1.54) is 96.3 Å². The third-order valence-corrected chi connectivity index (χ3v) is 13.0. The molecule has 0 saturated carbocycles. The number of carbonyl (C=O) groups excluding carboxylic acids is 3. The van der Waals surface area contributed by atoms with Crippen LogP contribution in [0.5, 0.6) is 0 Å². The molecule has 6 unspecified atom stereocenters. The molecule has 1 saturated heterocycles. The lowest BCUT2D eigenvalue weighted by Gasteiger charge is -2.40. The van der Waals surface area contributed by atoms with Crippen LogP contribution in [0.15, 0.2) is 85.1 Å². The van der Waals surface area contributed by atoms with Crippen LogP contribution in [0.3, 0.4) is 0 Å². The van der Waals surface area contributed by atoms with Crippen molar-refractivity contribution in [3.63, 3.8) is 0 Å². The smallest absolute Gasteiger partial charge is 0.335 e. The van der Waals surface area contributed by atoms with E-state index in [4.69, 9.17) is 23.7 Å². The van der Waals surface area contributed by atoms with Gasteiger partial charge in [0.1, 0.15) is 18.8 Å². The fourth-order valence-electron chi connectivity index (χ4n) is 8.42. The summed E-state index contributed by atoms with van der Waals surface area (Å²) in [6.07, 6.45) is 53.0. The maximum Gasteiger partial charge on any atom is 0.335 e. The number of rotatable bonds is 49. The van der Waals surface area contributed by atoms with E-state index < -0.39 is 67.3 Å². The highest BCUT2D eigenvalue weighted by molar-refractivity contribution is 5.74. The summed E-state index contributed by atoms with van der Waals surface area (Å²) in [5.74, 6) is -3.30. The number of aliphatic carboxylic acids is 1. The molecule has 1 heterocycles. The monoisotopic (exact) mass is 1050 g/mol. The Bertz CT molecular complexity index is 1630. The zero-order chi connectivity index (χ0) is 54.7. The molecule has 1 aliphatic rings. The SMILES string of the molecule is CC/C=C\C/C=C\C/C=C\C/C=C\C/C=C\CC(=O)OC1C(OCC(COC(=O)CCCCCCCCCCC/C=C\CCCCCCCC)OC(=O)CCCCCCC/C=C\CCCC)OC(C(=O)O)C(O)C1O. The molecule has 0 aromatic carbocycles. The van der Waals surface area contributed by atoms with Crippen molar-refractivity contribution in [1.29, 1.82) is 0 Å². The summed E-state index contributed by atoms with van der Waals surface area (Å²) in [5.41, 5.74) is 0. The molecule has 0 amide bonds. The van der Waals surface area contributed by atoms with Gasteiger partial charge in [-0.2, -0.15) is 0 Å². The first kappa shape index (κ1) is 68.9. The molecule has 1 rings (SSSR count). The third kappa shape index (κ3) is 40.8. The van der Waals surface area contributed by atoms with Crippen molar-refractivity contribution in [3.05, 3.63) is 85.1 Å². The summed E-state index contributed by atoms with van der Waals surface area (Å²) in [5, 5.41) is 31.4. The molecular weight excluding hydrogens is 949 g/mol. The van der Waals surface area contributed by atoms with E-state index in [9.17, 15) is 34.5 Å². The van der Waals surface area contributed by atoms with Crippen molar-refractivity contribution < 1.29 is 58.2 Å². The summed E-state index contributed by atoms with van der Waals surface area (Å²) < 4.78 is 28.3. The number of aliphatic hydroxyl groups is 2. The first-order valence-corrected chi connectivity index (χ1v) is 29.6. The molecule has 0 spiro atoms. The molecule has 75 heavy (non-hydrogen) atoms. The van der Waals surface area contributed by atoms with Crippen LogP contribution < -0.4 is 0 Å². The topological polar surface area (TPSA) is 175 Å². The van der Waals surface area contributed by atoms with Crippen LogP contribution in [0.4, 0.5) is 0 Å². The first-order chi connectivity index (χ1) is 36.6. The van der Waals surface area contributed by atoms with Gasteiger partial charge in [-0.15, -0.1) is 0 Å². The fourth-order valence-corrected chi connectivity index (χ4v) is 8.42. The summed E-state index contributed by atoms with van der Waals surface area (Å²) in [6.45, 7) is 5.78. The highest BCUT2D eigenvalue weighted by Gasteiger charge is 2.50. The predicted octanol–water partition coefficient (Wildman–Crippen LogP) is 15.1. The Morgan fingerprint density at radius 3 is 1.37 bits per heavy atom. The van der Waals surface area contributed by atoms with Gasteiger partial charge < -0.3 is 39.0 Å². The molecule has 0 radical (unpaired) electrons. The van der Waals surface area contributed by atoms with Crippen LogP contribution >= 0.6 is 0 Å². The van der Waals surface area contributed by atoms with Crippen LogP contribution in [0.1, 0.15) is 239 Å².